The van der Waals surface area contributed by atoms with E-state index in [0.717, 1.165) is 6.42 Å². The number of methoxy groups -OCH3 is 1. The van der Waals surface area contributed by atoms with Crippen molar-refractivity contribution in [3.63, 3.8) is 0 Å². The first-order chi connectivity index (χ1) is 10.8. The smallest absolute Gasteiger partial charge is 0.335 e. The van der Waals surface area contributed by atoms with E-state index < -0.39 is 17.0 Å². The fourth-order valence-electron chi connectivity index (χ4n) is 1.79. The summed E-state index contributed by atoms with van der Waals surface area (Å²) in [6, 6.07) is 4.42. The van der Waals surface area contributed by atoms with Gasteiger partial charge in [-0.05, 0) is 30.9 Å². The number of nitro groups is 1. The van der Waals surface area contributed by atoms with Gasteiger partial charge in [0.25, 0.3) is 0 Å². The van der Waals surface area contributed by atoms with E-state index in [4.69, 9.17) is 14.2 Å². The molecular weight excluding hydrogens is 302 g/mol. The van der Waals surface area contributed by atoms with Crippen LogP contribution >= 0.6 is 0 Å². The second kappa shape index (κ2) is 9.09. The lowest BCUT2D eigenvalue weighted by Gasteiger charge is -2.13. The van der Waals surface area contributed by atoms with Crippen LogP contribution in [0.25, 0.3) is 0 Å². The van der Waals surface area contributed by atoms with Gasteiger partial charge in [-0.2, -0.15) is 0 Å². The molecule has 0 saturated carbocycles. The number of carbonyl (C=O) groups excluding carboxylic acids is 1. The average molecular weight is 325 g/mol. The molecule has 0 bridgehead atoms. The summed E-state index contributed by atoms with van der Waals surface area (Å²) < 4.78 is 15.4. The highest BCUT2D eigenvalue weighted by Crippen LogP contribution is 2.27. The van der Waals surface area contributed by atoms with Crippen molar-refractivity contribution in [2.75, 3.05) is 13.7 Å². The molecule has 1 rings (SSSR count). The van der Waals surface area contributed by atoms with E-state index in [1.54, 1.807) is 13.0 Å². The second-order valence-electron chi connectivity index (χ2n) is 5.57. The molecule has 0 heterocycles. The fraction of sp³-hybridized carbons (Fsp3) is 0.562. The van der Waals surface area contributed by atoms with Crippen LogP contribution < -0.4 is 4.74 Å². The van der Waals surface area contributed by atoms with E-state index in [1.165, 1.54) is 19.2 Å². The van der Waals surface area contributed by atoms with Gasteiger partial charge in [-0.15, -0.1) is 0 Å². The summed E-state index contributed by atoms with van der Waals surface area (Å²) in [5, 5.41) is 11.0. The largest absolute Gasteiger partial charge is 0.490 e. The Bertz CT molecular complexity index is 543. The predicted molar refractivity (Wildman–Crippen MR) is 84.3 cm³/mol. The molecule has 0 saturated heterocycles. The van der Waals surface area contributed by atoms with Gasteiger partial charge in [0, 0.05) is 12.7 Å². The lowest BCUT2D eigenvalue weighted by atomic mass is 10.1. The SMILES string of the molecule is COc1ccc(COC(=O)C(C)OCCC(C)C)cc1[N+](=O)[O-]. The van der Waals surface area contributed by atoms with E-state index >= 15 is 0 Å². The summed E-state index contributed by atoms with van der Waals surface area (Å²) in [5.41, 5.74) is 0.350. The molecule has 23 heavy (non-hydrogen) atoms. The Hall–Kier alpha value is -2.15. The van der Waals surface area contributed by atoms with Crippen molar-refractivity contribution in [2.45, 2.75) is 39.9 Å². The van der Waals surface area contributed by atoms with E-state index in [9.17, 15) is 14.9 Å². The van der Waals surface area contributed by atoms with E-state index in [0.29, 0.717) is 18.1 Å². The molecule has 1 aromatic carbocycles. The molecule has 0 amide bonds. The standard InChI is InChI=1S/C16H23NO6/c1-11(2)7-8-22-12(3)16(18)23-10-13-5-6-15(21-4)14(9-13)17(19)20/h5-6,9,11-12H,7-8,10H2,1-4H3. The lowest BCUT2D eigenvalue weighted by Crippen LogP contribution is -2.24. The highest BCUT2D eigenvalue weighted by Gasteiger charge is 2.18. The molecule has 0 aliphatic heterocycles. The van der Waals surface area contributed by atoms with Crippen LogP contribution in [0.15, 0.2) is 18.2 Å². The van der Waals surface area contributed by atoms with Gasteiger partial charge in [0.2, 0.25) is 0 Å². The topological polar surface area (TPSA) is 87.9 Å². The van der Waals surface area contributed by atoms with Crippen molar-refractivity contribution in [3.8, 4) is 5.75 Å². The summed E-state index contributed by atoms with van der Waals surface area (Å²) in [6.07, 6.45) is 0.199. The van der Waals surface area contributed by atoms with Crippen LogP contribution in [0.5, 0.6) is 5.75 Å². The van der Waals surface area contributed by atoms with E-state index in [-0.39, 0.29) is 18.0 Å². The zero-order valence-corrected chi connectivity index (χ0v) is 13.9. The molecule has 0 fully saturated rings. The Balaban J connectivity index is 2.55. The molecule has 7 nitrogen and oxygen atoms in total. The second-order valence-corrected chi connectivity index (χ2v) is 5.57. The third kappa shape index (κ3) is 6.23. The monoisotopic (exact) mass is 325 g/mol. The van der Waals surface area contributed by atoms with Crippen LogP contribution in [0.3, 0.4) is 0 Å². The van der Waals surface area contributed by atoms with Gasteiger partial charge in [0.15, 0.2) is 11.9 Å². The number of benzene rings is 1. The third-order valence-corrected chi connectivity index (χ3v) is 3.22. The number of carbonyl (C=O) groups is 1. The molecule has 1 atom stereocenters. The predicted octanol–water partition coefficient (Wildman–Crippen LogP) is 3.10. The van der Waals surface area contributed by atoms with Gasteiger partial charge in [-0.3, -0.25) is 10.1 Å². The van der Waals surface area contributed by atoms with Gasteiger partial charge < -0.3 is 14.2 Å². The van der Waals surface area contributed by atoms with Crippen molar-refractivity contribution in [3.05, 3.63) is 33.9 Å². The molecule has 0 spiro atoms. The average Bonchev–Trinajstić information content (AvgIpc) is 2.51. The molecule has 0 N–H and O–H groups in total. The van der Waals surface area contributed by atoms with Crippen LogP contribution in [-0.4, -0.2) is 30.7 Å². The third-order valence-electron chi connectivity index (χ3n) is 3.22. The Morgan fingerprint density at radius 2 is 2.00 bits per heavy atom. The first-order valence-corrected chi connectivity index (χ1v) is 7.44. The van der Waals surface area contributed by atoms with Gasteiger partial charge >= 0.3 is 11.7 Å². The Morgan fingerprint density at radius 1 is 1.30 bits per heavy atom. The number of hydrogen-bond donors (Lipinski definition) is 0. The summed E-state index contributed by atoms with van der Waals surface area (Å²) in [5.74, 6) is 0.167. The van der Waals surface area contributed by atoms with Gasteiger partial charge in [0.1, 0.15) is 6.61 Å². The summed E-state index contributed by atoms with van der Waals surface area (Å²) in [7, 11) is 1.36. The summed E-state index contributed by atoms with van der Waals surface area (Å²) in [6.45, 7) is 6.20. The molecule has 0 aliphatic rings. The minimum absolute atomic E-state index is 0.0540. The Labute approximate surface area is 135 Å². The van der Waals surface area contributed by atoms with Gasteiger partial charge in [-0.25, -0.2) is 4.79 Å². The van der Waals surface area contributed by atoms with Crippen LogP contribution in [0.4, 0.5) is 5.69 Å². The van der Waals surface area contributed by atoms with Crippen molar-refractivity contribution < 1.29 is 23.9 Å². The summed E-state index contributed by atoms with van der Waals surface area (Å²) in [4.78, 5) is 22.2. The van der Waals surface area contributed by atoms with Crippen molar-refractivity contribution >= 4 is 11.7 Å². The quantitative estimate of drug-likeness (QED) is 0.394. The van der Waals surface area contributed by atoms with Crippen molar-refractivity contribution in [1.29, 1.82) is 0 Å². The first-order valence-electron chi connectivity index (χ1n) is 7.44. The molecule has 7 heteroatoms. The highest BCUT2D eigenvalue weighted by molar-refractivity contribution is 5.74. The van der Waals surface area contributed by atoms with E-state index in [2.05, 4.69) is 13.8 Å². The molecular formula is C16H23NO6. The molecule has 0 aliphatic carbocycles. The highest BCUT2D eigenvalue weighted by atomic mass is 16.6. The maximum atomic E-state index is 11.8. The summed E-state index contributed by atoms with van der Waals surface area (Å²) >= 11 is 0. The van der Waals surface area contributed by atoms with Crippen LogP contribution in [-0.2, 0) is 20.9 Å². The Kier molecular flexibility index (Phi) is 7.47. The van der Waals surface area contributed by atoms with Crippen LogP contribution in [0, 0.1) is 16.0 Å². The first kappa shape index (κ1) is 18.9. The van der Waals surface area contributed by atoms with Crippen LogP contribution in [0.2, 0.25) is 0 Å². The zero-order chi connectivity index (χ0) is 17.4. The van der Waals surface area contributed by atoms with E-state index in [1.807, 2.05) is 0 Å². The van der Waals surface area contributed by atoms with Crippen molar-refractivity contribution in [2.24, 2.45) is 5.92 Å². The Morgan fingerprint density at radius 3 is 2.57 bits per heavy atom. The van der Waals surface area contributed by atoms with Crippen molar-refractivity contribution in [1.82, 2.24) is 0 Å². The van der Waals surface area contributed by atoms with Gasteiger partial charge in [-0.1, -0.05) is 19.9 Å². The minimum atomic E-state index is -0.665. The molecule has 0 radical (unpaired) electrons. The number of ether oxygens (including phenoxy) is 3. The number of rotatable bonds is 9. The number of nitrogens with zero attached hydrogens (tertiary/aromatic N) is 1. The minimum Gasteiger partial charge on any atom is -0.490 e. The lowest BCUT2D eigenvalue weighted by molar-refractivity contribution is -0.385. The molecule has 128 valence electrons. The fourth-order valence-corrected chi connectivity index (χ4v) is 1.79. The molecule has 0 aromatic heterocycles. The zero-order valence-electron chi connectivity index (χ0n) is 13.9. The molecule has 1 aromatic rings. The number of hydrogen-bond acceptors (Lipinski definition) is 6. The van der Waals surface area contributed by atoms with Gasteiger partial charge in [0.05, 0.1) is 12.0 Å². The van der Waals surface area contributed by atoms with Crippen LogP contribution in [0.1, 0.15) is 32.8 Å². The number of esters is 1. The molecule has 1 unspecified atom stereocenters. The normalized spacial score (nSPS) is 12.0. The maximum Gasteiger partial charge on any atom is 0.335 e. The maximum absolute atomic E-state index is 11.8. The number of nitro benzene ring substituents is 1.